The first kappa shape index (κ1) is 15.7. The van der Waals surface area contributed by atoms with E-state index in [0.29, 0.717) is 11.3 Å². The average Bonchev–Trinajstić information content (AvgIpc) is 2.94. The van der Waals surface area contributed by atoms with E-state index >= 15 is 0 Å². The van der Waals surface area contributed by atoms with Gasteiger partial charge in [0.1, 0.15) is 0 Å². The molecule has 2 heterocycles. The smallest absolute Gasteiger partial charge is 0.422 e. The lowest BCUT2D eigenvalue weighted by Crippen LogP contribution is -2.20. The number of hydrogen-bond acceptors (Lipinski definition) is 6. The molecule has 0 aromatic carbocycles. The predicted molar refractivity (Wildman–Crippen MR) is 66.8 cm³/mol. The Bertz CT molecular complexity index is 684. The fraction of sp³-hybridized carbons (Fsp3) is 0.333. The van der Waals surface area contributed by atoms with Crippen molar-refractivity contribution in [3.8, 4) is 11.6 Å². The van der Waals surface area contributed by atoms with Crippen LogP contribution in [-0.4, -0.2) is 45.8 Å². The second-order valence-electron chi connectivity index (χ2n) is 4.26. The van der Waals surface area contributed by atoms with Gasteiger partial charge in [-0.15, -0.1) is 5.10 Å². The number of rotatable bonds is 4. The molecule has 0 spiro atoms. The maximum absolute atomic E-state index is 12.1. The molecule has 0 N–H and O–H groups in total. The molecule has 0 unspecified atom stereocenters. The Morgan fingerprint density at radius 1 is 1.41 bits per heavy atom. The Morgan fingerprint density at radius 3 is 2.73 bits per heavy atom. The van der Waals surface area contributed by atoms with Crippen LogP contribution in [0.25, 0.3) is 5.69 Å². The predicted octanol–water partition coefficient (Wildman–Crippen LogP) is 1.70. The molecule has 0 saturated carbocycles. The molecule has 0 bridgehead atoms. The number of ether oxygens (including phenoxy) is 2. The highest BCUT2D eigenvalue weighted by atomic mass is 19.4. The summed E-state index contributed by atoms with van der Waals surface area (Å²) in [4.78, 5) is 15.1. The minimum atomic E-state index is -4.44. The van der Waals surface area contributed by atoms with Crippen LogP contribution >= 0.6 is 0 Å². The fourth-order valence-electron chi connectivity index (χ4n) is 1.56. The monoisotopic (exact) mass is 316 g/mol. The van der Waals surface area contributed by atoms with Crippen molar-refractivity contribution < 1.29 is 27.4 Å². The van der Waals surface area contributed by atoms with Gasteiger partial charge in [0.15, 0.2) is 12.3 Å². The van der Waals surface area contributed by atoms with E-state index in [9.17, 15) is 18.0 Å². The number of hydrogen-bond donors (Lipinski definition) is 0. The van der Waals surface area contributed by atoms with Crippen LogP contribution in [0.15, 0.2) is 18.5 Å². The van der Waals surface area contributed by atoms with Gasteiger partial charge in [-0.1, -0.05) is 5.21 Å². The number of aromatic nitrogens is 4. The lowest BCUT2D eigenvalue weighted by molar-refractivity contribution is -0.154. The van der Waals surface area contributed by atoms with Gasteiger partial charge < -0.3 is 9.47 Å². The molecule has 2 aromatic heterocycles. The van der Waals surface area contributed by atoms with Crippen LogP contribution in [0.3, 0.4) is 0 Å². The molecule has 10 heteroatoms. The van der Waals surface area contributed by atoms with Gasteiger partial charge in [-0.25, -0.2) is 14.5 Å². The zero-order valence-electron chi connectivity index (χ0n) is 11.6. The van der Waals surface area contributed by atoms with Gasteiger partial charge in [-0.05, 0) is 13.0 Å². The second-order valence-corrected chi connectivity index (χ2v) is 4.26. The van der Waals surface area contributed by atoms with Crippen molar-refractivity contribution in [1.29, 1.82) is 0 Å². The van der Waals surface area contributed by atoms with Crippen molar-refractivity contribution in [3.63, 3.8) is 0 Å². The van der Waals surface area contributed by atoms with E-state index in [1.807, 2.05) is 0 Å². The number of carbonyl (C=O) groups excluding carboxylic acids is 1. The van der Waals surface area contributed by atoms with Crippen molar-refractivity contribution in [3.05, 3.63) is 29.7 Å². The molecule has 0 fully saturated rings. The first-order valence-corrected chi connectivity index (χ1v) is 5.97. The SMILES string of the molecule is COC(=O)c1cn(-c2cnc(OCC(F)(F)F)c(C)c2)nn1. The van der Waals surface area contributed by atoms with Crippen molar-refractivity contribution in [2.24, 2.45) is 0 Å². The van der Waals surface area contributed by atoms with Crippen LogP contribution in [0.2, 0.25) is 0 Å². The topological polar surface area (TPSA) is 79.1 Å². The van der Waals surface area contributed by atoms with Crippen molar-refractivity contribution in [2.75, 3.05) is 13.7 Å². The Kier molecular flexibility index (Phi) is 4.29. The molecule has 22 heavy (non-hydrogen) atoms. The summed E-state index contributed by atoms with van der Waals surface area (Å²) in [5.74, 6) is -0.782. The number of aryl methyl sites for hydroxylation is 1. The molecular formula is C12H11F3N4O3. The van der Waals surface area contributed by atoms with Crippen molar-refractivity contribution >= 4 is 5.97 Å². The summed E-state index contributed by atoms with van der Waals surface area (Å²) >= 11 is 0. The van der Waals surface area contributed by atoms with E-state index in [-0.39, 0.29) is 11.6 Å². The summed E-state index contributed by atoms with van der Waals surface area (Å²) in [5.41, 5.74) is 0.800. The highest BCUT2D eigenvalue weighted by Crippen LogP contribution is 2.21. The van der Waals surface area contributed by atoms with E-state index in [0.717, 1.165) is 0 Å². The molecule has 0 aliphatic heterocycles. The Hall–Kier alpha value is -2.65. The van der Waals surface area contributed by atoms with Crippen molar-refractivity contribution in [2.45, 2.75) is 13.1 Å². The molecule has 118 valence electrons. The minimum absolute atomic E-state index is 0.00227. The lowest BCUT2D eigenvalue weighted by Gasteiger charge is -2.11. The number of esters is 1. The van der Waals surface area contributed by atoms with E-state index < -0.39 is 18.8 Å². The van der Waals surface area contributed by atoms with Gasteiger partial charge in [0.25, 0.3) is 0 Å². The normalized spacial score (nSPS) is 11.3. The zero-order valence-corrected chi connectivity index (χ0v) is 11.6. The maximum Gasteiger partial charge on any atom is 0.422 e. The van der Waals surface area contributed by atoms with E-state index in [1.54, 1.807) is 6.92 Å². The molecule has 0 amide bonds. The third kappa shape index (κ3) is 3.71. The molecule has 2 aromatic rings. The zero-order chi connectivity index (χ0) is 16.3. The van der Waals surface area contributed by atoms with Crippen LogP contribution in [0.1, 0.15) is 16.1 Å². The van der Waals surface area contributed by atoms with Crippen LogP contribution in [0.4, 0.5) is 13.2 Å². The standard InChI is InChI=1S/C12H11F3N4O3/c1-7-3-8(4-16-10(7)22-6-12(13,14)15)19-5-9(17-18-19)11(20)21-2/h3-5H,6H2,1-2H3. The highest BCUT2D eigenvalue weighted by Gasteiger charge is 2.29. The molecular weight excluding hydrogens is 305 g/mol. The summed E-state index contributed by atoms with van der Waals surface area (Å²) in [6.07, 6.45) is -1.86. The molecule has 0 aliphatic carbocycles. The third-order valence-corrected chi connectivity index (χ3v) is 2.54. The Morgan fingerprint density at radius 2 is 2.14 bits per heavy atom. The van der Waals surface area contributed by atoms with Crippen LogP contribution in [0, 0.1) is 6.92 Å². The molecule has 0 radical (unpaired) electrons. The van der Waals surface area contributed by atoms with Gasteiger partial charge in [0.2, 0.25) is 5.88 Å². The first-order valence-electron chi connectivity index (χ1n) is 5.97. The Labute approximate surface area is 122 Å². The number of methoxy groups -OCH3 is 1. The molecule has 0 aliphatic rings. The maximum atomic E-state index is 12.1. The average molecular weight is 316 g/mol. The van der Waals surface area contributed by atoms with E-state index in [2.05, 4.69) is 24.8 Å². The number of carbonyl (C=O) groups is 1. The van der Waals surface area contributed by atoms with Crippen molar-refractivity contribution in [1.82, 2.24) is 20.0 Å². The largest absolute Gasteiger partial charge is 0.468 e. The molecule has 0 saturated heterocycles. The quantitative estimate of drug-likeness (QED) is 0.799. The molecule has 0 atom stereocenters. The number of pyridine rings is 1. The van der Waals surface area contributed by atoms with Gasteiger partial charge in [-0.2, -0.15) is 13.2 Å². The first-order chi connectivity index (χ1) is 10.3. The fourth-order valence-corrected chi connectivity index (χ4v) is 1.56. The molecule has 2 rings (SSSR count). The number of halogens is 3. The number of nitrogens with zero attached hydrogens (tertiary/aromatic N) is 4. The van der Waals surface area contributed by atoms with Gasteiger partial charge in [0.05, 0.1) is 25.2 Å². The summed E-state index contributed by atoms with van der Waals surface area (Å²) in [6.45, 7) is 0.121. The Balaban J connectivity index is 2.18. The van der Waals surface area contributed by atoms with Gasteiger partial charge >= 0.3 is 12.1 Å². The highest BCUT2D eigenvalue weighted by molar-refractivity contribution is 5.86. The second kappa shape index (κ2) is 6.00. The minimum Gasteiger partial charge on any atom is -0.468 e. The summed E-state index contributed by atoms with van der Waals surface area (Å²) in [5, 5.41) is 7.33. The van der Waals surface area contributed by atoms with Gasteiger partial charge in [-0.3, -0.25) is 0 Å². The van der Waals surface area contributed by atoms with E-state index in [4.69, 9.17) is 0 Å². The third-order valence-electron chi connectivity index (χ3n) is 2.54. The van der Waals surface area contributed by atoms with Gasteiger partial charge in [0, 0.05) is 5.56 Å². The number of alkyl halides is 3. The summed E-state index contributed by atoms with van der Waals surface area (Å²) < 4.78 is 46.7. The summed E-state index contributed by atoms with van der Waals surface area (Å²) in [6, 6.07) is 1.51. The van der Waals surface area contributed by atoms with Crippen LogP contribution in [0.5, 0.6) is 5.88 Å². The van der Waals surface area contributed by atoms with E-state index in [1.165, 1.54) is 30.3 Å². The lowest BCUT2D eigenvalue weighted by atomic mass is 10.3. The summed E-state index contributed by atoms with van der Waals surface area (Å²) in [7, 11) is 1.21. The van der Waals surface area contributed by atoms with Crippen LogP contribution < -0.4 is 4.74 Å². The van der Waals surface area contributed by atoms with Crippen LogP contribution in [-0.2, 0) is 4.74 Å². The molecule has 7 nitrogen and oxygen atoms in total.